The van der Waals surface area contributed by atoms with Gasteiger partial charge < -0.3 is 4.90 Å². The maximum absolute atomic E-state index is 2.48. The molecule has 0 unspecified atom stereocenters. The molecule has 0 fully saturated rings. The lowest BCUT2D eigenvalue weighted by Crippen LogP contribution is -2.17. The molecule has 36 heavy (non-hydrogen) atoms. The molecule has 0 saturated carbocycles. The summed E-state index contributed by atoms with van der Waals surface area (Å²) in [6.07, 6.45) is 8.01. The van der Waals surface area contributed by atoms with Gasteiger partial charge in [-0.2, -0.15) is 0 Å². The average molecular weight is 470 g/mol. The third-order valence-electron chi connectivity index (χ3n) is 8.07. The number of hydrogen-bond acceptors (Lipinski definition) is 1. The highest BCUT2D eigenvalue weighted by atomic mass is 15.1. The fourth-order valence-electron chi connectivity index (χ4n) is 6.64. The van der Waals surface area contributed by atoms with Crippen LogP contribution in [0, 0.1) is 0 Å². The fraction of sp³-hybridized carbons (Fsp3) is 0.257. The normalized spacial score (nSPS) is 16.9. The molecular weight excluding hydrogens is 434 g/mol. The van der Waals surface area contributed by atoms with E-state index in [9.17, 15) is 0 Å². The van der Waals surface area contributed by atoms with Crippen LogP contribution in [-0.4, -0.2) is 0 Å². The van der Waals surface area contributed by atoms with E-state index >= 15 is 0 Å². The van der Waals surface area contributed by atoms with Gasteiger partial charge in [0, 0.05) is 16.9 Å². The van der Waals surface area contributed by atoms with Crippen molar-refractivity contribution in [2.75, 3.05) is 4.90 Å². The molecule has 0 radical (unpaired) electrons. The van der Waals surface area contributed by atoms with Crippen LogP contribution in [-0.2, 0) is 17.3 Å². The molecule has 0 bridgehead atoms. The summed E-state index contributed by atoms with van der Waals surface area (Å²) < 4.78 is 0. The molecular formula is C35H35N. The number of para-hydroxylation sites is 2. The SMILES string of the molecule is CC1(C)CC(C)(C)c2cc(-c3cc4c(c(N(c5ccccc5)c5ccccc5)c3)C=CCC4)ccc21. The van der Waals surface area contributed by atoms with Crippen LogP contribution in [0.15, 0.2) is 97.1 Å². The summed E-state index contributed by atoms with van der Waals surface area (Å²) in [5.41, 5.74) is 12.4. The number of rotatable bonds is 4. The second-order valence-corrected chi connectivity index (χ2v) is 11.7. The van der Waals surface area contributed by atoms with E-state index in [1.54, 1.807) is 0 Å². The molecule has 0 saturated heterocycles. The van der Waals surface area contributed by atoms with Crippen LogP contribution >= 0.6 is 0 Å². The van der Waals surface area contributed by atoms with E-state index < -0.39 is 0 Å². The molecule has 0 amide bonds. The van der Waals surface area contributed by atoms with E-state index in [0.717, 1.165) is 12.8 Å². The smallest absolute Gasteiger partial charge is 0.0542 e. The van der Waals surface area contributed by atoms with Crippen LogP contribution in [0.25, 0.3) is 17.2 Å². The Balaban J connectivity index is 1.57. The molecule has 6 rings (SSSR count). The van der Waals surface area contributed by atoms with Crippen LogP contribution in [0.2, 0.25) is 0 Å². The molecule has 0 heterocycles. The first-order valence-electron chi connectivity index (χ1n) is 13.2. The van der Waals surface area contributed by atoms with Crippen LogP contribution in [0.4, 0.5) is 17.1 Å². The first-order valence-corrected chi connectivity index (χ1v) is 13.2. The highest BCUT2D eigenvalue weighted by Crippen LogP contribution is 2.50. The third kappa shape index (κ3) is 3.88. The maximum Gasteiger partial charge on any atom is 0.0542 e. The van der Waals surface area contributed by atoms with Gasteiger partial charge in [0.1, 0.15) is 0 Å². The standard InChI is InChI=1S/C35H35N/c1-34(2)24-35(3,4)32-22-25(19-20-31(32)34)27-21-26-13-11-12-18-30(26)33(23-27)36(28-14-7-5-8-15-28)29-16-9-6-10-17-29/h5-10,12,14-23H,11,13,24H2,1-4H3. The van der Waals surface area contributed by atoms with E-state index in [1.807, 2.05) is 0 Å². The Hall–Kier alpha value is -3.58. The summed E-state index contributed by atoms with van der Waals surface area (Å²) in [5.74, 6) is 0. The quantitative estimate of drug-likeness (QED) is 0.287. The highest BCUT2D eigenvalue weighted by molar-refractivity contribution is 5.87. The van der Waals surface area contributed by atoms with Crippen LogP contribution in [0.5, 0.6) is 0 Å². The van der Waals surface area contributed by atoms with Gasteiger partial charge in [-0.05, 0) is 88.2 Å². The molecule has 0 aromatic heterocycles. The third-order valence-corrected chi connectivity index (χ3v) is 8.07. The van der Waals surface area contributed by atoms with Crippen molar-refractivity contribution in [1.29, 1.82) is 0 Å². The van der Waals surface area contributed by atoms with Crippen LogP contribution in [0.1, 0.15) is 62.8 Å². The lowest BCUT2D eigenvalue weighted by Gasteiger charge is -2.30. The fourth-order valence-corrected chi connectivity index (χ4v) is 6.64. The van der Waals surface area contributed by atoms with Gasteiger partial charge in [0.2, 0.25) is 0 Å². The summed E-state index contributed by atoms with van der Waals surface area (Å²) in [7, 11) is 0. The van der Waals surface area contributed by atoms with Gasteiger partial charge in [-0.1, -0.05) is 101 Å². The predicted molar refractivity (Wildman–Crippen MR) is 155 cm³/mol. The zero-order chi connectivity index (χ0) is 24.9. The van der Waals surface area contributed by atoms with E-state index in [1.165, 1.54) is 56.9 Å². The Morgan fingerprint density at radius 2 is 1.28 bits per heavy atom. The molecule has 0 N–H and O–H groups in total. The number of allylic oxidation sites excluding steroid dienone is 1. The highest BCUT2D eigenvalue weighted by Gasteiger charge is 2.41. The minimum Gasteiger partial charge on any atom is -0.310 e. The van der Waals surface area contributed by atoms with Crippen molar-refractivity contribution in [2.24, 2.45) is 0 Å². The predicted octanol–water partition coefficient (Wildman–Crippen LogP) is 9.74. The Labute approximate surface area is 216 Å². The van der Waals surface area contributed by atoms with Gasteiger partial charge in [-0.15, -0.1) is 0 Å². The zero-order valence-corrected chi connectivity index (χ0v) is 21.9. The molecule has 2 aliphatic carbocycles. The maximum atomic E-state index is 2.48. The lowest BCUT2D eigenvalue weighted by molar-refractivity contribution is 0.403. The molecule has 4 aromatic carbocycles. The average Bonchev–Trinajstić information content (AvgIpc) is 3.08. The van der Waals surface area contributed by atoms with Crippen molar-refractivity contribution >= 4 is 23.1 Å². The Morgan fingerprint density at radius 3 is 1.94 bits per heavy atom. The van der Waals surface area contributed by atoms with E-state index in [-0.39, 0.29) is 10.8 Å². The van der Waals surface area contributed by atoms with E-state index in [0.29, 0.717) is 0 Å². The number of anilines is 3. The van der Waals surface area contributed by atoms with Crippen molar-refractivity contribution in [3.63, 3.8) is 0 Å². The van der Waals surface area contributed by atoms with Crippen molar-refractivity contribution in [3.8, 4) is 11.1 Å². The first kappa shape index (κ1) is 22.9. The summed E-state index contributed by atoms with van der Waals surface area (Å²) in [5, 5.41) is 0. The van der Waals surface area contributed by atoms with Crippen molar-refractivity contribution in [1.82, 2.24) is 0 Å². The second kappa shape index (κ2) is 8.52. The lowest BCUT2D eigenvalue weighted by atomic mass is 9.82. The molecule has 0 spiro atoms. The molecule has 1 nitrogen and oxygen atoms in total. The Morgan fingerprint density at radius 1 is 0.639 bits per heavy atom. The number of hydrogen-bond donors (Lipinski definition) is 0. The van der Waals surface area contributed by atoms with Gasteiger partial charge in [-0.3, -0.25) is 0 Å². The number of aryl methyl sites for hydroxylation is 1. The first-order chi connectivity index (χ1) is 17.3. The number of fused-ring (bicyclic) bond motifs is 2. The minimum absolute atomic E-state index is 0.189. The van der Waals surface area contributed by atoms with Gasteiger partial charge >= 0.3 is 0 Å². The Bertz CT molecular complexity index is 1400. The molecule has 180 valence electrons. The van der Waals surface area contributed by atoms with Crippen molar-refractivity contribution in [3.05, 3.63) is 119 Å². The molecule has 0 aliphatic heterocycles. The minimum atomic E-state index is 0.189. The summed E-state index contributed by atoms with van der Waals surface area (Å²) in [4.78, 5) is 2.42. The summed E-state index contributed by atoms with van der Waals surface area (Å²) in [6, 6.07) is 33.6. The molecule has 0 atom stereocenters. The number of nitrogens with zero attached hydrogens (tertiary/aromatic N) is 1. The monoisotopic (exact) mass is 469 g/mol. The summed E-state index contributed by atoms with van der Waals surface area (Å²) >= 11 is 0. The topological polar surface area (TPSA) is 3.24 Å². The van der Waals surface area contributed by atoms with Gasteiger partial charge in [-0.25, -0.2) is 0 Å². The van der Waals surface area contributed by atoms with Crippen molar-refractivity contribution < 1.29 is 0 Å². The molecule has 1 heteroatoms. The summed E-state index contributed by atoms with van der Waals surface area (Å²) in [6.45, 7) is 9.59. The Kier molecular flexibility index (Phi) is 5.41. The molecule has 2 aliphatic rings. The van der Waals surface area contributed by atoms with Crippen molar-refractivity contribution in [2.45, 2.75) is 57.8 Å². The molecule has 4 aromatic rings. The van der Waals surface area contributed by atoms with Gasteiger partial charge in [0.25, 0.3) is 0 Å². The van der Waals surface area contributed by atoms with E-state index in [2.05, 4.69) is 136 Å². The van der Waals surface area contributed by atoms with E-state index in [4.69, 9.17) is 0 Å². The van der Waals surface area contributed by atoms with Crippen LogP contribution < -0.4 is 4.90 Å². The largest absolute Gasteiger partial charge is 0.310 e. The second-order valence-electron chi connectivity index (χ2n) is 11.7. The van der Waals surface area contributed by atoms with Gasteiger partial charge in [0.15, 0.2) is 0 Å². The van der Waals surface area contributed by atoms with Crippen LogP contribution in [0.3, 0.4) is 0 Å². The zero-order valence-electron chi connectivity index (χ0n) is 21.9. The number of benzene rings is 4. The van der Waals surface area contributed by atoms with Gasteiger partial charge in [0.05, 0.1) is 5.69 Å².